The number of hydrogen-bond donors (Lipinski definition) is 2. The predicted octanol–water partition coefficient (Wildman–Crippen LogP) is 3.26. The maximum Gasteiger partial charge on any atom is 0.313 e. The van der Waals surface area contributed by atoms with Crippen molar-refractivity contribution in [3.63, 3.8) is 0 Å². The van der Waals surface area contributed by atoms with E-state index in [1.54, 1.807) is 17.9 Å². The van der Waals surface area contributed by atoms with Crippen LogP contribution in [0.1, 0.15) is 29.0 Å². The Bertz CT molecular complexity index is 1230. The van der Waals surface area contributed by atoms with Crippen molar-refractivity contribution in [2.75, 3.05) is 25.0 Å². The summed E-state index contributed by atoms with van der Waals surface area (Å²) in [6.45, 7) is 2.99. The zero-order chi connectivity index (χ0) is 24.2. The van der Waals surface area contributed by atoms with Gasteiger partial charge in [-0.25, -0.2) is 0 Å². The van der Waals surface area contributed by atoms with Crippen LogP contribution < -0.4 is 10.6 Å². The van der Waals surface area contributed by atoms with E-state index < -0.39 is 16.7 Å². The molecule has 1 aromatic heterocycles. The van der Waals surface area contributed by atoms with Crippen molar-refractivity contribution in [2.45, 2.75) is 19.8 Å². The van der Waals surface area contributed by atoms with E-state index in [0.717, 1.165) is 5.39 Å². The summed E-state index contributed by atoms with van der Waals surface area (Å²) in [7, 11) is 0. The second-order valence-electron chi connectivity index (χ2n) is 8.30. The quantitative estimate of drug-likeness (QED) is 0.338. The van der Waals surface area contributed by atoms with E-state index >= 15 is 0 Å². The molecule has 3 amide bonds. The maximum absolute atomic E-state index is 12.8. The number of benzene rings is 2. The summed E-state index contributed by atoms with van der Waals surface area (Å²) in [5.41, 5.74) is 1.40. The third-order valence-corrected chi connectivity index (χ3v) is 5.96. The number of carbonyl (C=O) groups is 3. The number of piperidine rings is 1. The van der Waals surface area contributed by atoms with Gasteiger partial charge < -0.3 is 20.0 Å². The van der Waals surface area contributed by atoms with Crippen LogP contribution in [0.4, 0.5) is 11.4 Å². The molecule has 0 aliphatic carbocycles. The van der Waals surface area contributed by atoms with Crippen LogP contribution in [0, 0.1) is 23.0 Å². The van der Waals surface area contributed by atoms with Gasteiger partial charge in [-0.05, 0) is 49.4 Å². The number of amides is 3. The highest BCUT2D eigenvalue weighted by atomic mass is 16.6. The number of anilines is 1. The van der Waals surface area contributed by atoms with E-state index in [2.05, 4.69) is 10.6 Å². The zero-order valence-electron chi connectivity index (χ0n) is 18.6. The van der Waals surface area contributed by atoms with E-state index in [1.807, 2.05) is 24.3 Å². The van der Waals surface area contributed by atoms with E-state index in [1.165, 1.54) is 18.2 Å². The molecule has 2 heterocycles. The first-order chi connectivity index (χ1) is 16.3. The molecule has 0 saturated carbocycles. The fraction of sp³-hybridized carbons (Fsp3) is 0.292. The maximum atomic E-state index is 12.8. The Balaban J connectivity index is 1.24. The van der Waals surface area contributed by atoms with E-state index in [9.17, 15) is 24.5 Å². The molecule has 1 aliphatic heterocycles. The summed E-state index contributed by atoms with van der Waals surface area (Å²) in [6.07, 6.45) is 1.38. The first kappa shape index (κ1) is 23.0. The number of likely N-dealkylation sites (tertiary alicyclic amines) is 1. The number of hydrogen-bond acceptors (Lipinski definition) is 6. The van der Waals surface area contributed by atoms with Crippen molar-refractivity contribution in [2.24, 2.45) is 5.92 Å². The Kier molecular flexibility index (Phi) is 6.58. The monoisotopic (exact) mass is 464 g/mol. The summed E-state index contributed by atoms with van der Waals surface area (Å²) in [4.78, 5) is 49.2. The number of fused-ring (bicyclic) bond motifs is 1. The minimum atomic E-state index is -0.838. The highest BCUT2D eigenvalue weighted by Gasteiger charge is 2.26. The van der Waals surface area contributed by atoms with Crippen LogP contribution in [0.25, 0.3) is 11.0 Å². The van der Waals surface area contributed by atoms with Gasteiger partial charge in [0, 0.05) is 42.8 Å². The van der Waals surface area contributed by atoms with Crippen molar-refractivity contribution in [1.29, 1.82) is 0 Å². The number of furan rings is 1. The molecule has 0 bridgehead atoms. The average molecular weight is 464 g/mol. The zero-order valence-corrected chi connectivity index (χ0v) is 18.6. The Morgan fingerprint density at radius 2 is 1.82 bits per heavy atom. The molecule has 0 radical (unpaired) electrons. The van der Waals surface area contributed by atoms with Crippen LogP contribution in [-0.4, -0.2) is 47.2 Å². The first-order valence-corrected chi connectivity index (χ1v) is 10.9. The number of carbonyl (C=O) groups excluding carboxylic acids is 3. The van der Waals surface area contributed by atoms with Crippen molar-refractivity contribution in [3.05, 3.63) is 70.0 Å². The Hall–Kier alpha value is -4.21. The van der Waals surface area contributed by atoms with Crippen molar-refractivity contribution < 1.29 is 23.7 Å². The number of nitro benzene ring substituents is 1. The molecule has 0 unspecified atom stereocenters. The summed E-state index contributed by atoms with van der Waals surface area (Å²) >= 11 is 0. The summed E-state index contributed by atoms with van der Waals surface area (Å²) in [5.74, 6) is -1.33. The topological polar surface area (TPSA) is 135 Å². The third-order valence-electron chi connectivity index (χ3n) is 5.96. The second-order valence-corrected chi connectivity index (χ2v) is 8.30. The average Bonchev–Trinajstić information content (AvgIpc) is 3.28. The fourth-order valence-corrected chi connectivity index (χ4v) is 3.98. The predicted molar refractivity (Wildman–Crippen MR) is 124 cm³/mol. The number of nitro groups is 1. The van der Waals surface area contributed by atoms with Crippen LogP contribution in [0.2, 0.25) is 0 Å². The van der Waals surface area contributed by atoms with Gasteiger partial charge in [0.15, 0.2) is 5.76 Å². The van der Waals surface area contributed by atoms with E-state index in [0.29, 0.717) is 55.1 Å². The van der Waals surface area contributed by atoms with Crippen LogP contribution in [0.3, 0.4) is 0 Å². The number of nitrogens with one attached hydrogen (secondary N) is 2. The summed E-state index contributed by atoms with van der Waals surface area (Å²) in [6, 6.07) is 13.2. The Labute approximate surface area is 195 Å². The Morgan fingerprint density at radius 3 is 2.50 bits per heavy atom. The molecular formula is C24H24N4O6. The van der Waals surface area contributed by atoms with E-state index in [-0.39, 0.29) is 17.5 Å². The van der Waals surface area contributed by atoms with Gasteiger partial charge in [0.1, 0.15) is 5.58 Å². The second kappa shape index (κ2) is 9.74. The van der Waals surface area contributed by atoms with Crippen LogP contribution in [-0.2, 0) is 9.59 Å². The molecule has 3 aromatic rings. The largest absolute Gasteiger partial charge is 0.451 e. The summed E-state index contributed by atoms with van der Waals surface area (Å²) in [5, 5.41) is 16.8. The highest BCUT2D eigenvalue weighted by Crippen LogP contribution is 2.23. The minimum Gasteiger partial charge on any atom is -0.451 e. The Morgan fingerprint density at radius 1 is 1.09 bits per heavy atom. The van der Waals surface area contributed by atoms with Crippen molar-refractivity contribution in [3.8, 4) is 0 Å². The molecule has 34 heavy (non-hydrogen) atoms. The molecule has 1 aliphatic rings. The molecule has 0 atom stereocenters. The molecule has 176 valence electrons. The smallest absolute Gasteiger partial charge is 0.313 e. The number of nitrogens with zero attached hydrogens (tertiary/aromatic N) is 2. The lowest BCUT2D eigenvalue weighted by atomic mass is 9.96. The molecule has 10 heteroatoms. The lowest BCUT2D eigenvalue weighted by molar-refractivity contribution is -0.384. The molecule has 0 spiro atoms. The lowest BCUT2D eigenvalue weighted by Gasteiger charge is -2.31. The van der Waals surface area contributed by atoms with Gasteiger partial charge in [0.2, 0.25) is 0 Å². The molecule has 10 nitrogen and oxygen atoms in total. The van der Waals surface area contributed by atoms with Crippen molar-refractivity contribution in [1.82, 2.24) is 10.2 Å². The standard InChI is InChI=1S/C24H24N4O6/c1-15-12-18(28(32)33)6-7-19(15)26-23(30)22(29)25-14-16-8-10-27(11-9-16)24(31)21-13-17-4-2-3-5-20(17)34-21/h2-7,12-13,16H,8-11,14H2,1H3,(H,25,29)(H,26,30). The van der Waals surface area contributed by atoms with Crippen LogP contribution in [0.15, 0.2) is 52.9 Å². The number of para-hydroxylation sites is 1. The van der Waals surface area contributed by atoms with E-state index in [4.69, 9.17) is 4.42 Å². The number of non-ortho nitro benzene ring substituents is 1. The van der Waals surface area contributed by atoms with Crippen molar-refractivity contribution >= 4 is 40.1 Å². The van der Waals surface area contributed by atoms with Gasteiger partial charge in [-0.1, -0.05) is 18.2 Å². The molecule has 2 N–H and O–H groups in total. The van der Waals surface area contributed by atoms with Gasteiger partial charge in [-0.2, -0.15) is 0 Å². The number of aryl methyl sites for hydroxylation is 1. The third kappa shape index (κ3) is 5.06. The van der Waals surface area contributed by atoms with Crippen LogP contribution in [0.5, 0.6) is 0 Å². The molecule has 4 rings (SSSR count). The number of rotatable bonds is 5. The van der Waals surface area contributed by atoms with Gasteiger partial charge >= 0.3 is 11.8 Å². The highest BCUT2D eigenvalue weighted by molar-refractivity contribution is 6.39. The first-order valence-electron chi connectivity index (χ1n) is 10.9. The van der Waals surface area contributed by atoms with Gasteiger partial charge in [0.25, 0.3) is 11.6 Å². The minimum absolute atomic E-state index is 0.0925. The lowest BCUT2D eigenvalue weighted by Crippen LogP contribution is -2.43. The molecule has 1 fully saturated rings. The molecule has 2 aromatic carbocycles. The van der Waals surface area contributed by atoms with Crippen LogP contribution >= 0.6 is 0 Å². The van der Waals surface area contributed by atoms with Gasteiger partial charge in [-0.3, -0.25) is 24.5 Å². The van der Waals surface area contributed by atoms with Gasteiger partial charge in [-0.15, -0.1) is 0 Å². The normalized spacial score (nSPS) is 14.1. The van der Waals surface area contributed by atoms with Gasteiger partial charge in [0.05, 0.1) is 4.92 Å². The summed E-state index contributed by atoms with van der Waals surface area (Å²) < 4.78 is 5.66. The fourth-order valence-electron chi connectivity index (χ4n) is 3.98. The molecule has 1 saturated heterocycles. The SMILES string of the molecule is Cc1cc([N+](=O)[O-])ccc1NC(=O)C(=O)NCC1CCN(C(=O)c2cc3ccccc3o2)CC1. The molecular weight excluding hydrogens is 440 g/mol.